The van der Waals surface area contributed by atoms with Gasteiger partial charge in [0.05, 0.1) is 22.4 Å². The van der Waals surface area contributed by atoms with Crippen molar-refractivity contribution in [1.82, 2.24) is 19.9 Å². The van der Waals surface area contributed by atoms with Crippen LogP contribution in [0.5, 0.6) is 0 Å². The van der Waals surface area contributed by atoms with Gasteiger partial charge in [-0.05, 0) is 93.3 Å². The first-order valence-electron chi connectivity index (χ1n) is 17.4. The fourth-order valence-corrected chi connectivity index (χ4v) is 7.12. The van der Waals surface area contributed by atoms with E-state index in [2.05, 4.69) is 146 Å². The largest absolute Gasteiger partial charge is 0.256 e. The Bertz CT molecular complexity index is 2580. The molecule has 0 bridgehead atoms. The topological polar surface area (TPSA) is 51.6 Å². The zero-order valence-corrected chi connectivity index (χ0v) is 28.1. The maximum absolute atomic E-state index is 5.30. The van der Waals surface area contributed by atoms with Crippen LogP contribution in [0.1, 0.15) is 0 Å². The summed E-state index contributed by atoms with van der Waals surface area (Å²) < 4.78 is 0. The molecule has 10 rings (SSSR count). The first kappa shape index (κ1) is 29.8. The van der Waals surface area contributed by atoms with Gasteiger partial charge in [0.1, 0.15) is 0 Å². The highest BCUT2D eigenvalue weighted by Gasteiger charge is 2.15. The Morgan fingerprint density at radius 3 is 1.27 bits per heavy atom. The van der Waals surface area contributed by atoms with Crippen molar-refractivity contribution in [2.45, 2.75) is 0 Å². The molecule has 3 heterocycles. The highest BCUT2D eigenvalue weighted by atomic mass is 14.9. The van der Waals surface area contributed by atoms with Gasteiger partial charge < -0.3 is 0 Å². The van der Waals surface area contributed by atoms with Gasteiger partial charge in [-0.1, -0.05) is 109 Å². The molecule has 242 valence electrons. The van der Waals surface area contributed by atoms with Crippen LogP contribution in [0.3, 0.4) is 0 Å². The van der Waals surface area contributed by atoms with E-state index in [0.717, 1.165) is 77.5 Å². The second-order valence-corrected chi connectivity index (χ2v) is 13.2. The van der Waals surface area contributed by atoms with E-state index in [1.54, 1.807) is 0 Å². The number of benzene rings is 7. The molecule has 0 unspecified atom stereocenters. The van der Waals surface area contributed by atoms with Crippen molar-refractivity contribution in [3.8, 4) is 56.2 Å². The lowest BCUT2D eigenvalue weighted by molar-refractivity contribution is 1.18. The standard InChI is InChI=1S/C48H30N4/c1-3-11-33-21-37(19-17-31(33)9-1)46-28-47(52-48(51-46)38-20-18-32-10-2-4-12-34(32)22-38)41-26-39(42-23-35-13-5-7-15-44(35)49-29-42)25-40(27-41)43-24-36-14-6-8-16-45(36)50-30-43/h1-30H. The van der Waals surface area contributed by atoms with Crippen LogP contribution >= 0.6 is 0 Å². The number of rotatable bonds is 5. The van der Waals surface area contributed by atoms with Crippen molar-refractivity contribution in [3.63, 3.8) is 0 Å². The van der Waals surface area contributed by atoms with Gasteiger partial charge in [-0.3, -0.25) is 9.97 Å². The lowest BCUT2D eigenvalue weighted by Crippen LogP contribution is -1.97. The molecule has 0 radical (unpaired) electrons. The number of fused-ring (bicyclic) bond motifs is 4. The van der Waals surface area contributed by atoms with E-state index < -0.39 is 0 Å². The maximum Gasteiger partial charge on any atom is 0.160 e. The zero-order valence-electron chi connectivity index (χ0n) is 28.1. The minimum atomic E-state index is 0.679. The molecule has 0 aliphatic carbocycles. The number of para-hydroxylation sites is 2. The van der Waals surface area contributed by atoms with Crippen molar-refractivity contribution >= 4 is 43.4 Å². The third kappa shape index (κ3) is 5.53. The van der Waals surface area contributed by atoms with Crippen molar-refractivity contribution in [3.05, 3.63) is 182 Å². The predicted octanol–water partition coefficient (Wildman–Crippen LogP) is 12.2. The fraction of sp³-hybridized carbons (Fsp3) is 0. The molecule has 3 aromatic heterocycles. The van der Waals surface area contributed by atoms with Gasteiger partial charge in [-0.15, -0.1) is 0 Å². The number of hydrogen-bond donors (Lipinski definition) is 0. The van der Waals surface area contributed by atoms with Crippen molar-refractivity contribution < 1.29 is 0 Å². The van der Waals surface area contributed by atoms with Crippen LogP contribution in [0, 0.1) is 0 Å². The molecule has 4 heteroatoms. The summed E-state index contributed by atoms with van der Waals surface area (Å²) in [5.41, 5.74) is 10.8. The summed E-state index contributed by atoms with van der Waals surface area (Å²) in [6.07, 6.45) is 3.93. The molecule has 0 spiro atoms. The highest BCUT2D eigenvalue weighted by molar-refractivity contribution is 5.91. The zero-order chi connectivity index (χ0) is 34.4. The third-order valence-corrected chi connectivity index (χ3v) is 9.86. The van der Waals surface area contributed by atoms with Crippen LogP contribution in [0.15, 0.2) is 182 Å². The normalized spacial score (nSPS) is 11.5. The molecule has 52 heavy (non-hydrogen) atoms. The van der Waals surface area contributed by atoms with E-state index in [4.69, 9.17) is 19.9 Å². The molecular weight excluding hydrogens is 633 g/mol. The summed E-state index contributed by atoms with van der Waals surface area (Å²) >= 11 is 0. The average molecular weight is 663 g/mol. The van der Waals surface area contributed by atoms with Gasteiger partial charge in [0.15, 0.2) is 5.82 Å². The number of hydrogen-bond acceptors (Lipinski definition) is 4. The Balaban J connectivity index is 1.21. The summed E-state index contributed by atoms with van der Waals surface area (Å²) in [6, 6.07) is 59.5. The second kappa shape index (κ2) is 12.4. The van der Waals surface area contributed by atoms with Gasteiger partial charge in [0, 0.05) is 51.0 Å². The Hall–Kier alpha value is -7.04. The van der Waals surface area contributed by atoms with E-state index in [9.17, 15) is 0 Å². The van der Waals surface area contributed by atoms with E-state index in [1.807, 2.05) is 36.7 Å². The molecule has 7 aromatic carbocycles. The summed E-state index contributed by atoms with van der Waals surface area (Å²) in [4.78, 5) is 20.2. The summed E-state index contributed by atoms with van der Waals surface area (Å²) in [5.74, 6) is 0.679. The fourth-order valence-electron chi connectivity index (χ4n) is 7.12. The van der Waals surface area contributed by atoms with E-state index in [1.165, 1.54) is 16.2 Å². The lowest BCUT2D eigenvalue weighted by atomic mass is 9.94. The Morgan fingerprint density at radius 1 is 0.269 bits per heavy atom. The summed E-state index contributed by atoms with van der Waals surface area (Å²) in [5, 5.41) is 6.89. The van der Waals surface area contributed by atoms with Crippen LogP contribution in [-0.4, -0.2) is 19.9 Å². The lowest BCUT2D eigenvalue weighted by Gasteiger charge is -2.14. The Labute approximate surface area is 300 Å². The quantitative estimate of drug-likeness (QED) is 0.184. The monoisotopic (exact) mass is 662 g/mol. The molecule has 0 amide bonds. The summed E-state index contributed by atoms with van der Waals surface area (Å²) in [7, 11) is 0. The predicted molar refractivity (Wildman–Crippen MR) is 215 cm³/mol. The SMILES string of the molecule is c1ccc2cc(-c3cc(-c4cc(-c5cnc6ccccc6c5)cc(-c5cnc6ccccc6c5)c4)nc(-c4ccc5ccccc5c4)n3)ccc2c1. The molecule has 0 aliphatic heterocycles. The molecule has 10 aromatic rings. The molecule has 0 atom stereocenters. The molecule has 0 fully saturated rings. The van der Waals surface area contributed by atoms with Crippen LogP contribution in [0.4, 0.5) is 0 Å². The highest BCUT2D eigenvalue weighted by Crippen LogP contribution is 2.36. The van der Waals surface area contributed by atoms with Crippen LogP contribution in [-0.2, 0) is 0 Å². The van der Waals surface area contributed by atoms with Gasteiger partial charge >= 0.3 is 0 Å². The minimum absolute atomic E-state index is 0.679. The number of pyridine rings is 2. The van der Waals surface area contributed by atoms with Crippen LogP contribution < -0.4 is 0 Å². The number of nitrogens with zero attached hydrogens (tertiary/aromatic N) is 4. The van der Waals surface area contributed by atoms with E-state index in [-0.39, 0.29) is 0 Å². The van der Waals surface area contributed by atoms with Gasteiger partial charge in [-0.2, -0.15) is 0 Å². The molecule has 0 saturated carbocycles. The Kier molecular flexibility index (Phi) is 7.10. The average Bonchev–Trinajstić information content (AvgIpc) is 3.22. The number of aromatic nitrogens is 4. The van der Waals surface area contributed by atoms with E-state index in [0.29, 0.717) is 5.82 Å². The van der Waals surface area contributed by atoms with Crippen molar-refractivity contribution in [2.75, 3.05) is 0 Å². The van der Waals surface area contributed by atoms with Gasteiger partial charge in [-0.25, -0.2) is 9.97 Å². The molecule has 4 nitrogen and oxygen atoms in total. The molecule has 0 N–H and O–H groups in total. The molecule has 0 aliphatic rings. The molecular formula is C48H30N4. The van der Waals surface area contributed by atoms with Crippen LogP contribution in [0.25, 0.3) is 99.5 Å². The van der Waals surface area contributed by atoms with E-state index >= 15 is 0 Å². The van der Waals surface area contributed by atoms with Crippen molar-refractivity contribution in [2.24, 2.45) is 0 Å². The maximum atomic E-state index is 5.30. The van der Waals surface area contributed by atoms with Crippen molar-refractivity contribution in [1.29, 1.82) is 0 Å². The van der Waals surface area contributed by atoms with Gasteiger partial charge in [0.2, 0.25) is 0 Å². The summed E-state index contributed by atoms with van der Waals surface area (Å²) in [6.45, 7) is 0. The van der Waals surface area contributed by atoms with Crippen LogP contribution in [0.2, 0.25) is 0 Å². The second-order valence-electron chi connectivity index (χ2n) is 13.2. The minimum Gasteiger partial charge on any atom is -0.256 e. The third-order valence-electron chi connectivity index (χ3n) is 9.86. The first-order valence-corrected chi connectivity index (χ1v) is 17.4. The van der Waals surface area contributed by atoms with Gasteiger partial charge in [0.25, 0.3) is 0 Å². The first-order chi connectivity index (χ1) is 25.7. The molecule has 0 saturated heterocycles. The Morgan fingerprint density at radius 2 is 0.692 bits per heavy atom. The smallest absolute Gasteiger partial charge is 0.160 e.